The smallest absolute Gasteiger partial charge is 0.197 e. The van der Waals surface area contributed by atoms with Gasteiger partial charge in [0.05, 0.1) is 0 Å². The van der Waals surface area contributed by atoms with Crippen molar-refractivity contribution in [2.75, 3.05) is 27.2 Å². The molecule has 3 nitrogen and oxygen atoms in total. The standard InChI is InChI=1S/C18H21N3/c1-20-13-14-21(2)18(20)19-17(15-9-5-3-6-10-15)16-11-7-4-8-12-16/h3-12,17H,13-14H2,1-2H3. The first-order chi connectivity index (χ1) is 10.3. The summed E-state index contributed by atoms with van der Waals surface area (Å²) in [5.41, 5.74) is 2.45. The summed E-state index contributed by atoms with van der Waals surface area (Å²) in [5, 5.41) is 0. The number of guanidine groups is 1. The van der Waals surface area contributed by atoms with Gasteiger partial charge in [-0.25, -0.2) is 4.99 Å². The van der Waals surface area contributed by atoms with E-state index in [9.17, 15) is 0 Å². The summed E-state index contributed by atoms with van der Waals surface area (Å²) < 4.78 is 0. The Hall–Kier alpha value is -2.29. The molecule has 0 aromatic heterocycles. The van der Waals surface area contributed by atoms with Gasteiger partial charge in [0.15, 0.2) is 5.96 Å². The topological polar surface area (TPSA) is 18.8 Å². The summed E-state index contributed by atoms with van der Waals surface area (Å²) in [6, 6.07) is 21.0. The second kappa shape index (κ2) is 6.00. The van der Waals surface area contributed by atoms with Gasteiger partial charge in [0.2, 0.25) is 0 Å². The number of benzene rings is 2. The van der Waals surface area contributed by atoms with Crippen LogP contribution in [-0.4, -0.2) is 42.9 Å². The SMILES string of the molecule is CN1CCN(C)C1=NC(c1ccccc1)c1ccccc1. The van der Waals surface area contributed by atoms with Gasteiger partial charge in [-0.3, -0.25) is 0 Å². The Morgan fingerprint density at radius 1 is 0.762 bits per heavy atom. The van der Waals surface area contributed by atoms with Crippen LogP contribution in [0.25, 0.3) is 0 Å². The molecule has 21 heavy (non-hydrogen) atoms. The van der Waals surface area contributed by atoms with Crippen molar-refractivity contribution < 1.29 is 0 Å². The second-order valence-corrected chi connectivity index (χ2v) is 5.50. The van der Waals surface area contributed by atoms with E-state index in [1.807, 2.05) is 12.1 Å². The van der Waals surface area contributed by atoms with Crippen molar-refractivity contribution in [3.8, 4) is 0 Å². The first kappa shape index (κ1) is 13.7. The number of hydrogen-bond acceptors (Lipinski definition) is 1. The lowest BCUT2D eigenvalue weighted by molar-refractivity contribution is 0.553. The predicted molar refractivity (Wildman–Crippen MR) is 87.4 cm³/mol. The van der Waals surface area contributed by atoms with Gasteiger partial charge in [0, 0.05) is 27.2 Å². The zero-order valence-corrected chi connectivity index (χ0v) is 12.6. The molecule has 0 aliphatic carbocycles. The van der Waals surface area contributed by atoms with Crippen LogP contribution in [0.2, 0.25) is 0 Å². The lowest BCUT2D eigenvalue weighted by atomic mass is 9.99. The summed E-state index contributed by atoms with van der Waals surface area (Å²) in [6.07, 6.45) is 0. The first-order valence-electron chi connectivity index (χ1n) is 7.35. The summed E-state index contributed by atoms with van der Waals surface area (Å²) in [4.78, 5) is 9.49. The van der Waals surface area contributed by atoms with Crippen molar-refractivity contribution in [1.82, 2.24) is 9.80 Å². The Bertz CT molecular complexity index is 555. The largest absolute Gasteiger partial charge is 0.344 e. The van der Waals surface area contributed by atoms with E-state index in [-0.39, 0.29) is 6.04 Å². The number of nitrogens with zero attached hydrogens (tertiary/aromatic N) is 3. The molecule has 1 aliphatic rings. The van der Waals surface area contributed by atoms with E-state index in [1.54, 1.807) is 0 Å². The van der Waals surface area contributed by atoms with E-state index < -0.39 is 0 Å². The van der Waals surface area contributed by atoms with Gasteiger partial charge < -0.3 is 9.80 Å². The molecule has 1 heterocycles. The average molecular weight is 279 g/mol. The molecule has 0 spiro atoms. The third-order valence-corrected chi connectivity index (χ3v) is 3.93. The summed E-state index contributed by atoms with van der Waals surface area (Å²) in [7, 11) is 4.21. The maximum atomic E-state index is 5.05. The van der Waals surface area contributed by atoms with E-state index >= 15 is 0 Å². The minimum absolute atomic E-state index is 0.0467. The van der Waals surface area contributed by atoms with Crippen LogP contribution in [0.15, 0.2) is 65.7 Å². The molecule has 0 unspecified atom stereocenters. The maximum absolute atomic E-state index is 5.05. The van der Waals surface area contributed by atoms with Crippen LogP contribution in [0, 0.1) is 0 Å². The van der Waals surface area contributed by atoms with Crippen LogP contribution in [0.3, 0.4) is 0 Å². The number of likely N-dealkylation sites (N-methyl/N-ethyl adjacent to an activating group) is 2. The highest BCUT2D eigenvalue weighted by atomic mass is 15.4. The number of aliphatic imine (C=N–C) groups is 1. The van der Waals surface area contributed by atoms with Crippen LogP contribution in [-0.2, 0) is 0 Å². The van der Waals surface area contributed by atoms with Gasteiger partial charge in [0.1, 0.15) is 6.04 Å². The van der Waals surface area contributed by atoms with E-state index in [0.717, 1.165) is 19.0 Å². The molecule has 0 saturated carbocycles. The van der Waals surface area contributed by atoms with Gasteiger partial charge in [-0.2, -0.15) is 0 Å². The molecule has 108 valence electrons. The summed E-state index contributed by atoms with van der Waals surface area (Å²) >= 11 is 0. The highest BCUT2D eigenvalue weighted by molar-refractivity contribution is 5.82. The quantitative estimate of drug-likeness (QED) is 0.860. The normalized spacial score (nSPS) is 14.9. The van der Waals surface area contributed by atoms with Gasteiger partial charge in [0.25, 0.3) is 0 Å². The van der Waals surface area contributed by atoms with E-state index in [1.165, 1.54) is 11.1 Å². The average Bonchev–Trinajstić information content (AvgIpc) is 2.85. The first-order valence-corrected chi connectivity index (χ1v) is 7.35. The van der Waals surface area contributed by atoms with Crippen LogP contribution in [0.4, 0.5) is 0 Å². The molecule has 0 atom stereocenters. The lowest BCUT2D eigenvalue weighted by Gasteiger charge is -2.21. The van der Waals surface area contributed by atoms with Crippen molar-refractivity contribution in [2.45, 2.75) is 6.04 Å². The molecule has 0 bridgehead atoms. The Balaban J connectivity index is 2.03. The molecule has 0 N–H and O–H groups in total. The van der Waals surface area contributed by atoms with Gasteiger partial charge in [-0.05, 0) is 11.1 Å². The Morgan fingerprint density at radius 2 is 1.19 bits per heavy atom. The van der Waals surface area contributed by atoms with Crippen LogP contribution in [0.1, 0.15) is 17.2 Å². The molecule has 0 amide bonds. The van der Waals surface area contributed by atoms with Gasteiger partial charge >= 0.3 is 0 Å². The Kier molecular flexibility index (Phi) is 3.91. The fraction of sp³-hybridized carbons (Fsp3) is 0.278. The monoisotopic (exact) mass is 279 g/mol. The molecule has 3 rings (SSSR count). The highest BCUT2D eigenvalue weighted by Gasteiger charge is 2.22. The van der Waals surface area contributed by atoms with E-state index in [4.69, 9.17) is 4.99 Å². The van der Waals surface area contributed by atoms with Crippen molar-refractivity contribution in [2.24, 2.45) is 4.99 Å². The Labute approximate surface area is 126 Å². The van der Waals surface area contributed by atoms with Crippen molar-refractivity contribution in [3.05, 3.63) is 71.8 Å². The number of rotatable bonds is 3. The highest BCUT2D eigenvalue weighted by Crippen LogP contribution is 2.27. The predicted octanol–water partition coefficient (Wildman–Crippen LogP) is 3.01. The van der Waals surface area contributed by atoms with E-state index in [0.29, 0.717) is 0 Å². The third kappa shape index (κ3) is 2.92. The van der Waals surface area contributed by atoms with Crippen molar-refractivity contribution >= 4 is 5.96 Å². The fourth-order valence-corrected chi connectivity index (χ4v) is 2.72. The minimum Gasteiger partial charge on any atom is -0.344 e. The Morgan fingerprint density at radius 3 is 1.62 bits per heavy atom. The zero-order chi connectivity index (χ0) is 14.7. The molecular formula is C18H21N3. The molecule has 1 aliphatic heterocycles. The zero-order valence-electron chi connectivity index (χ0n) is 12.6. The summed E-state index contributed by atoms with van der Waals surface area (Å²) in [5.74, 6) is 1.06. The van der Waals surface area contributed by atoms with Crippen LogP contribution < -0.4 is 0 Å². The molecule has 0 radical (unpaired) electrons. The van der Waals surface area contributed by atoms with Crippen LogP contribution >= 0.6 is 0 Å². The van der Waals surface area contributed by atoms with Crippen molar-refractivity contribution in [3.63, 3.8) is 0 Å². The minimum atomic E-state index is 0.0467. The molecular weight excluding hydrogens is 258 g/mol. The molecule has 1 fully saturated rings. The molecule has 1 saturated heterocycles. The molecule has 3 heteroatoms. The fourth-order valence-electron chi connectivity index (χ4n) is 2.72. The van der Waals surface area contributed by atoms with Crippen molar-refractivity contribution in [1.29, 1.82) is 0 Å². The number of hydrogen-bond donors (Lipinski definition) is 0. The van der Waals surface area contributed by atoms with Gasteiger partial charge in [-0.15, -0.1) is 0 Å². The van der Waals surface area contributed by atoms with Gasteiger partial charge in [-0.1, -0.05) is 60.7 Å². The lowest BCUT2D eigenvalue weighted by Crippen LogP contribution is -2.29. The maximum Gasteiger partial charge on any atom is 0.197 e. The molecule has 2 aromatic carbocycles. The molecule has 2 aromatic rings. The van der Waals surface area contributed by atoms with E-state index in [2.05, 4.69) is 72.4 Å². The van der Waals surface area contributed by atoms with Crippen LogP contribution in [0.5, 0.6) is 0 Å². The summed E-state index contributed by atoms with van der Waals surface area (Å²) in [6.45, 7) is 2.07. The third-order valence-electron chi connectivity index (χ3n) is 3.93. The second-order valence-electron chi connectivity index (χ2n) is 5.50.